The third kappa shape index (κ3) is 1.66. The van der Waals surface area contributed by atoms with Crippen molar-refractivity contribution in [1.82, 2.24) is 0 Å². The zero-order valence-electron chi connectivity index (χ0n) is 9.30. The van der Waals surface area contributed by atoms with Gasteiger partial charge in [0.25, 0.3) is 0 Å². The van der Waals surface area contributed by atoms with E-state index in [9.17, 15) is 5.11 Å². The summed E-state index contributed by atoms with van der Waals surface area (Å²) in [6.07, 6.45) is 8.09. The molecule has 1 N–H and O–H groups in total. The first-order chi connectivity index (χ1) is 8.36. The summed E-state index contributed by atoms with van der Waals surface area (Å²) in [5, 5.41) is 14.2. The molecule has 0 bridgehead atoms. The van der Waals surface area contributed by atoms with E-state index in [2.05, 4.69) is 12.1 Å². The van der Waals surface area contributed by atoms with Crippen molar-refractivity contribution in [2.45, 2.75) is 0 Å². The maximum absolute atomic E-state index is 10.1. The highest BCUT2D eigenvalue weighted by Gasteiger charge is 1.96. The van der Waals surface area contributed by atoms with E-state index in [0.29, 0.717) is 5.75 Å². The maximum Gasteiger partial charge on any atom is 0.124 e. The van der Waals surface area contributed by atoms with Crippen molar-refractivity contribution in [2.75, 3.05) is 0 Å². The molecule has 0 aromatic heterocycles. The van der Waals surface area contributed by atoms with Crippen molar-refractivity contribution >= 4 is 12.2 Å². The fourth-order valence-corrected chi connectivity index (χ4v) is 2.18. The third-order valence-corrected chi connectivity index (χ3v) is 2.97. The van der Waals surface area contributed by atoms with Gasteiger partial charge in [-0.25, -0.2) is 0 Å². The van der Waals surface area contributed by atoms with Crippen molar-refractivity contribution in [1.29, 1.82) is 0 Å². The van der Waals surface area contributed by atoms with Crippen LogP contribution in [0.5, 0.6) is 5.75 Å². The van der Waals surface area contributed by atoms with Crippen LogP contribution < -0.4 is 10.4 Å². The second-order valence-corrected chi connectivity index (χ2v) is 4.05. The summed E-state index contributed by atoms with van der Waals surface area (Å²) in [5.74, 6) is 0.329. The van der Waals surface area contributed by atoms with Crippen LogP contribution in [0.3, 0.4) is 0 Å². The van der Waals surface area contributed by atoms with Gasteiger partial charge in [-0.2, -0.15) is 0 Å². The highest BCUT2D eigenvalue weighted by Crippen LogP contribution is 2.07. The molecule has 82 valence electrons. The number of benzene rings is 2. The Morgan fingerprint density at radius 2 is 1.41 bits per heavy atom. The lowest BCUT2D eigenvalue weighted by Gasteiger charge is -1.98. The van der Waals surface area contributed by atoms with Crippen LogP contribution in [0.4, 0.5) is 0 Å². The number of rotatable bonds is 0. The first-order valence-electron chi connectivity index (χ1n) is 5.62. The van der Waals surface area contributed by atoms with E-state index in [-0.39, 0.29) is 0 Å². The van der Waals surface area contributed by atoms with Crippen LogP contribution in [0, 0.1) is 10.4 Å². The van der Waals surface area contributed by atoms with Gasteiger partial charge in [-0.3, -0.25) is 0 Å². The predicted octanol–water partition coefficient (Wildman–Crippen LogP) is 1.81. The Bertz CT molecular complexity index is 798. The SMILES string of the molecule is Oc1cccc2/c1=c1/cccc/c1=C/C=C\C=2. The van der Waals surface area contributed by atoms with Crippen LogP contribution in [0.25, 0.3) is 12.2 Å². The fourth-order valence-electron chi connectivity index (χ4n) is 2.18. The van der Waals surface area contributed by atoms with Gasteiger partial charge in [0.2, 0.25) is 0 Å². The van der Waals surface area contributed by atoms with E-state index >= 15 is 0 Å². The second-order valence-electron chi connectivity index (χ2n) is 4.05. The average Bonchev–Trinajstić information content (AvgIpc) is 2.32. The summed E-state index contributed by atoms with van der Waals surface area (Å²) in [4.78, 5) is 0. The largest absolute Gasteiger partial charge is 0.507 e. The molecular formula is C16H12O. The lowest BCUT2D eigenvalue weighted by Crippen LogP contribution is -2.10. The van der Waals surface area contributed by atoms with Crippen molar-refractivity contribution in [3.63, 3.8) is 0 Å². The number of hydrogen-bond donors (Lipinski definition) is 1. The van der Waals surface area contributed by atoms with E-state index < -0.39 is 0 Å². The Balaban J connectivity index is 2.78. The van der Waals surface area contributed by atoms with Crippen molar-refractivity contribution < 1.29 is 5.11 Å². The summed E-state index contributed by atoms with van der Waals surface area (Å²) < 4.78 is 0. The lowest BCUT2D eigenvalue weighted by atomic mass is 10.1. The minimum absolute atomic E-state index is 0.329. The van der Waals surface area contributed by atoms with Gasteiger partial charge < -0.3 is 5.11 Å². The smallest absolute Gasteiger partial charge is 0.124 e. The van der Waals surface area contributed by atoms with Crippen LogP contribution in [-0.4, -0.2) is 5.11 Å². The zero-order valence-corrected chi connectivity index (χ0v) is 9.30. The van der Waals surface area contributed by atoms with Gasteiger partial charge in [-0.05, 0) is 21.7 Å². The molecular weight excluding hydrogens is 208 g/mol. The molecule has 3 rings (SSSR count). The molecule has 0 unspecified atom stereocenters. The number of phenolic OH excluding ortho intramolecular Hbond substituents is 1. The van der Waals surface area contributed by atoms with Gasteiger partial charge >= 0.3 is 0 Å². The number of allylic oxidation sites excluding steroid dienone is 2. The Hall–Kier alpha value is -2.28. The molecule has 2 aromatic rings. The number of fused-ring (bicyclic) bond motifs is 2. The Kier molecular flexibility index (Phi) is 2.30. The first-order valence-corrected chi connectivity index (χ1v) is 5.62. The average molecular weight is 220 g/mol. The highest BCUT2D eigenvalue weighted by atomic mass is 16.3. The van der Waals surface area contributed by atoms with Gasteiger partial charge in [-0.1, -0.05) is 60.7 Å². The third-order valence-electron chi connectivity index (χ3n) is 2.97. The number of hydrogen-bond acceptors (Lipinski definition) is 1. The highest BCUT2D eigenvalue weighted by molar-refractivity contribution is 5.50. The zero-order chi connectivity index (χ0) is 11.7. The molecule has 2 aromatic carbocycles. The van der Waals surface area contributed by atoms with Crippen molar-refractivity contribution in [2.24, 2.45) is 0 Å². The van der Waals surface area contributed by atoms with Crippen LogP contribution in [-0.2, 0) is 0 Å². The fraction of sp³-hybridized carbons (Fsp3) is 0. The number of aromatic hydroxyl groups is 1. The Morgan fingerprint density at radius 3 is 2.29 bits per heavy atom. The van der Waals surface area contributed by atoms with Gasteiger partial charge in [-0.15, -0.1) is 0 Å². The van der Waals surface area contributed by atoms with Gasteiger partial charge in [0.05, 0.1) is 0 Å². The minimum Gasteiger partial charge on any atom is -0.507 e. The molecule has 0 spiro atoms. The molecule has 17 heavy (non-hydrogen) atoms. The molecule has 0 radical (unpaired) electrons. The molecule has 0 aliphatic heterocycles. The summed E-state index contributed by atoms with van der Waals surface area (Å²) in [6.45, 7) is 0. The van der Waals surface area contributed by atoms with E-state index in [4.69, 9.17) is 0 Å². The van der Waals surface area contributed by atoms with E-state index in [1.807, 2.05) is 48.6 Å². The molecule has 1 nitrogen and oxygen atoms in total. The quantitative estimate of drug-likeness (QED) is 0.718. The Labute approximate surface area is 99.0 Å². The summed E-state index contributed by atoms with van der Waals surface area (Å²) >= 11 is 0. The molecule has 1 aliphatic carbocycles. The molecule has 0 heterocycles. The summed E-state index contributed by atoms with van der Waals surface area (Å²) in [6, 6.07) is 13.7. The normalized spacial score (nSPS) is 20.5. The molecule has 0 fully saturated rings. The number of phenols is 1. The van der Waals surface area contributed by atoms with E-state index in [1.165, 1.54) is 0 Å². The van der Waals surface area contributed by atoms with Gasteiger partial charge in [0.15, 0.2) is 0 Å². The van der Waals surface area contributed by atoms with Crippen LogP contribution in [0.1, 0.15) is 0 Å². The molecule has 1 aliphatic rings. The van der Waals surface area contributed by atoms with Gasteiger partial charge in [0.1, 0.15) is 5.75 Å². The van der Waals surface area contributed by atoms with Crippen molar-refractivity contribution in [3.05, 3.63) is 75.5 Å². The summed E-state index contributed by atoms with van der Waals surface area (Å²) in [5.41, 5.74) is 0. The van der Waals surface area contributed by atoms with Crippen LogP contribution >= 0.6 is 0 Å². The van der Waals surface area contributed by atoms with Gasteiger partial charge in [0, 0.05) is 5.22 Å². The molecule has 0 atom stereocenters. The first kappa shape index (κ1) is 9.91. The van der Waals surface area contributed by atoms with Crippen LogP contribution in [0.15, 0.2) is 54.6 Å². The molecule has 0 saturated carbocycles. The Morgan fingerprint density at radius 1 is 0.706 bits per heavy atom. The minimum atomic E-state index is 0.329. The molecule has 1 heteroatoms. The molecule has 0 saturated heterocycles. The maximum atomic E-state index is 10.1. The monoisotopic (exact) mass is 220 g/mol. The van der Waals surface area contributed by atoms with E-state index in [1.54, 1.807) is 6.07 Å². The molecule has 0 amide bonds. The summed E-state index contributed by atoms with van der Waals surface area (Å²) in [7, 11) is 0. The second kappa shape index (κ2) is 3.95. The standard InChI is InChI=1S/C16H12O/c17-15-11-5-9-13-8-2-1-6-12-7-3-4-10-14(12)16(13)15/h1-11,17H/b2-1-,6-1?,8-2?,12-6-,13-8-,16-14+. The lowest BCUT2D eigenvalue weighted by molar-refractivity contribution is 0.470. The van der Waals surface area contributed by atoms with E-state index in [0.717, 1.165) is 20.9 Å². The predicted molar refractivity (Wildman–Crippen MR) is 69.5 cm³/mol. The van der Waals surface area contributed by atoms with Crippen LogP contribution in [0.2, 0.25) is 0 Å². The topological polar surface area (TPSA) is 20.2 Å². The van der Waals surface area contributed by atoms with Crippen molar-refractivity contribution in [3.8, 4) is 5.75 Å².